The Hall–Kier alpha value is -1.91. The molecular formula is C16H13Cl2NO3. The third kappa shape index (κ3) is 3.29. The highest BCUT2D eigenvalue weighted by atomic mass is 35.5. The van der Waals surface area contributed by atoms with E-state index in [4.69, 9.17) is 32.7 Å². The molecule has 2 aromatic rings. The Balaban J connectivity index is 1.70. The number of anilines is 1. The van der Waals surface area contributed by atoms with Crippen LogP contribution in [0.15, 0.2) is 36.4 Å². The fourth-order valence-corrected chi connectivity index (χ4v) is 2.48. The van der Waals surface area contributed by atoms with Crippen LogP contribution in [0.5, 0.6) is 11.5 Å². The van der Waals surface area contributed by atoms with E-state index < -0.39 is 0 Å². The van der Waals surface area contributed by atoms with Gasteiger partial charge in [-0.2, -0.15) is 0 Å². The van der Waals surface area contributed by atoms with E-state index in [1.54, 1.807) is 36.4 Å². The predicted octanol–water partition coefficient (Wildman–Crippen LogP) is 4.06. The van der Waals surface area contributed by atoms with Gasteiger partial charge in [-0.3, -0.25) is 4.79 Å². The lowest BCUT2D eigenvalue weighted by atomic mass is 10.1. The molecule has 1 N–H and O–H groups in total. The Morgan fingerprint density at radius 3 is 2.64 bits per heavy atom. The number of benzene rings is 2. The van der Waals surface area contributed by atoms with Crippen LogP contribution in [0.25, 0.3) is 0 Å². The SMILES string of the molecule is O=C(CNc1cc(Cl)ccc1Cl)c1ccc2c(c1)OCCO2. The Morgan fingerprint density at radius 2 is 1.82 bits per heavy atom. The van der Waals surface area contributed by atoms with Crippen molar-refractivity contribution in [1.29, 1.82) is 0 Å². The van der Waals surface area contributed by atoms with Crippen molar-refractivity contribution in [2.45, 2.75) is 0 Å². The molecule has 0 unspecified atom stereocenters. The molecular weight excluding hydrogens is 325 g/mol. The lowest BCUT2D eigenvalue weighted by molar-refractivity contribution is 0.100. The minimum Gasteiger partial charge on any atom is -0.486 e. The van der Waals surface area contributed by atoms with Crippen LogP contribution in [-0.2, 0) is 0 Å². The van der Waals surface area contributed by atoms with Gasteiger partial charge in [-0.05, 0) is 36.4 Å². The number of ether oxygens (including phenoxy) is 2. The molecule has 4 nitrogen and oxygen atoms in total. The van der Waals surface area contributed by atoms with Crippen LogP contribution >= 0.6 is 23.2 Å². The topological polar surface area (TPSA) is 47.6 Å². The Morgan fingerprint density at radius 1 is 1.05 bits per heavy atom. The second kappa shape index (κ2) is 6.46. The second-order valence-electron chi connectivity index (χ2n) is 4.76. The van der Waals surface area contributed by atoms with Crippen molar-refractivity contribution in [2.24, 2.45) is 0 Å². The summed E-state index contributed by atoms with van der Waals surface area (Å²) in [7, 11) is 0. The number of nitrogens with one attached hydrogen (secondary N) is 1. The van der Waals surface area contributed by atoms with E-state index >= 15 is 0 Å². The van der Waals surface area contributed by atoms with E-state index in [1.165, 1.54) is 0 Å². The molecule has 1 heterocycles. The lowest BCUT2D eigenvalue weighted by Gasteiger charge is -2.18. The van der Waals surface area contributed by atoms with Crippen molar-refractivity contribution in [3.05, 3.63) is 52.0 Å². The van der Waals surface area contributed by atoms with E-state index in [0.717, 1.165) is 0 Å². The van der Waals surface area contributed by atoms with Gasteiger partial charge in [-0.15, -0.1) is 0 Å². The van der Waals surface area contributed by atoms with Gasteiger partial charge in [0.15, 0.2) is 17.3 Å². The molecule has 6 heteroatoms. The van der Waals surface area contributed by atoms with E-state index in [2.05, 4.69) is 5.32 Å². The monoisotopic (exact) mass is 337 g/mol. The average Bonchev–Trinajstić information content (AvgIpc) is 2.55. The predicted molar refractivity (Wildman–Crippen MR) is 86.7 cm³/mol. The van der Waals surface area contributed by atoms with E-state index in [0.29, 0.717) is 46.0 Å². The first-order chi connectivity index (χ1) is 10.6. The number of carbonyl (C=O) groups is 1. The van der Waals surface area contributed by atoms with Crippen molar-refractivity contribution < 1.29 is 14.3 Å². The standard InChI is InChI=1S/C16H13Cl2NO3/c17-11-2-3-12(18)13(8-11)19-9-14(20)10-1-4-15-16(7-10)22-6-5-21-15/h1-4,7-8,19H,5-6,9H2. The van der Waals surface area contributed by atoms with Crippen LogP contribution in [-0.4, -0.2) is 25.5 Å². The first-order valence-electron chi connectivity index (χ1n) is 6.75. The molecule has 1 aliphatic rings. The highest BCUT2D eigenvalue weighted by molar-refractivity contribution is 6.35. The molecule has 0 aliphatic carbocycles. The molecule has 0 atom stereocenters. The van der Waals surface area contributed by atoms with Gasteiger partial charge in [0.2, 0.25) is 0 Å². The normalized spacial score (nSPS) is 12.8. The van der Waals surface area contributed by atoms with E-state index in [1.807, 2.05) is 0 Å². The number of carbonyl (C=O) groups excluding carboxylic acids is 1. The van der Waals surface area contributed by atoms with E-state index in [9.17, 15) is 4.79 Å². The third-order valence-corrected chi connectivity index (χ3v) is 3.80. The number of Topliss-reactive ketones (excluding diaryl/α,β-unsaturated/α-hetero) is 1. The Kier molecular flexibility index (Phi) is 4.41. The first kappa shape index (κ1) is 15.0. The summed E-state index contributed by atoms with van der Waals surface area (Å²) >= 11 is 12.0. The first-order valence-corrected chi connectivity index (χ1v) is 7.51. The van der Waals surface area contributed by atoms with Gasteiger partial charge in [0.25, 0.3) is 0 Å². The van der Waals surface area contributed by atoms with Gasteiger partial charge in [0.05, 0.1) is 17.3 Å². The summed E-state index contributed by atoms with van der Waals surface area (Å²) in [5.74, 6) is 1.18. The largest absolute Gasteiger partial charge is 0.486 e. The Labute approximate surface area is 137 Å². The second-order valence-corrected chi connectivity index (χ2v) is 5.60. The summed E-state index contributed by atoms with van der Waals surface area (Å²) < 4.78 is 10.9. The fraction of sp³-hybridized carbons (Fsp3) is 0.188. The number of rotatable bonds is 4. The van der Waals surface area contributed by atoms with Crippen LogP contribution < -0.4 is 14.8 Å². The van der Waals surface area contributed by atoms with Gasteiger partial charge in [-0.25, -0.2) is 0 Å². The smallest absolute Gasteiger partial charge is 0.181 e. The molecule has 0 bridgehead atoms. The lowest BCUT2D eigenvalue weighted by Crippen LogP contribution is -2.17. The van der Waals surface area contributed by atoms with Crippen LogP contribution in [0.3, 0.4) is 0 Å². The quantitative estimate of drug-likeness (QED) is 0.854. The zero-order chi connectivity index (χ0) is 15.5. The maximum Gasteiger partial charge on any atom is 0.181 e. The highest BCUT2D eigenvalue weighted by Gasteiger charge is 2.15. The molecule has 0 fully saturated rings. The van der Waals surface area contributed by atoms with Gasteiger partial charge in [0.1, 0.15) is 13.2 Å². The minimum atomic E-state index is -0.0759. The number of hydrogen-bond donors (Lipinski definition) is 1. The van der Waals surface area contributed by atoms with Gasteiger partial charge >= 0.3 is 0 Å². The zero-order valence-electron chi connectivity index (χ0n) is 11.6. The highest BCUT2D eigenvalue weighted by Crippen LogP contribution is 2.31. The van der Waals surface area contributed by atoms with Gasteiger partial charge < -0.3 is 14.8 Å². The minimum absolute atomic E-state index is 0.0759. The molecule has 0 aromatic heterocycles. The molecule has 0 spiro atoms. The molecule has 0 saturated carbocycles. The summed E-state index contributed by atoms with van der Waals surface area (Å²) in [6.45, 7) is 1.12. The summed E-state index contributed by atoms with van der Waals surface area (Å²) in [5.41, 5.74) is 1.18. The third-order valence-electron chi connectivity index (χ3n) is 3.23. The fourth-order valence-electron chi connectivity index (χ4n) is 2.13. The van der Waals surface area contributed by atoms with Crippen molar-refractivity contribution >= 4 is 34.7 Å². The number of hydrogen-bond acceptors (Lipinski definition) is 4. The summed E-state index contributed by atoms with van der Waals surface area (Å²) in [6, 6.07) is 10.2. The molecule has 0 amide bonds. The summed E-state index contributed by atoms with van der Waals surface area (Å²) in [6.07, 6.45) is 0. The number of halogens is 2. The van der Waals surface area contributed by atoms with E-state index in [-0.39, 0.29) is 12.3 Å². The van der Waals surface area contributed by atoms with Crippen LogP contribution in [0.2, 0.25) is 10.0 Å². The molecule has 0 saturated heterocycles. The molecule has 2 aromatic carbocycles. The molecule has 22 heavy (non-hydrogen) atoms. The summed E-state index contributed by atoms with van der Waals surface area (Å²) in [4.78, 5) is 12.3. The molecule has 0 radical (unpaired) electrons. The molecule has 1 aliphatic heterocycles. The van der Waals surface area contributed by atoms with Crippen LogP contribution in [0.1, 0.15) is 10.4 Å². The molecule has 114 valence electrons. The average molecular weight is 338 g/mol. The van der Waals surface area contributed by atoms with Crippen molar-refractivity contribution in [3.8, 4) is 11.5 Å². The van der Waals surface area contributed by atoms with Crippen molar-refractivity contribution in [3.63, 3.8) is 0 Å². The maximum atomic E-state index is 12.3. The van der Waals surface area contributed by atoms with Gasteiger partial charge in [0, 0.05) is 10.6 Å². The Bertz CT molecular complexity index is 719. The van der Waals surface area contributed by atoms with Gasteiger partial charge in [-0.1, -0.05) is 23.2 Å². The zero-order valence-corrected chi connectivity index (χ0v) is 13.1. The number of fused-ring (bicyclic) bond motifs is 1. The number of ketones is 1. The van der Waals surface area contributed by atoms with Crippen molar-refractivity contribution in [2.75, 3.05) is 25.1 Å². The maximum absolute atomic E-state index is 12.3. The van der Waals surface area contributed by atoms with Crippen molar-refractivity contribution in [1.82, 2.24) is 0 Å². The summed E-state index contributed by atoms with van der Waals surface area (Å²) in [5, 5.41) is 4.06. The van der Waals surface area contributed by atoms with Crippen LogP contribution in [0.4, 0.5) is 5.69 Å². The molecule has 3 rings (SSSR count). The van der Waals surface area contributed by atoms with Crippen LogP contribution in [0, 0.1) is 0 Å².